The van der Waals surface area contributed by atoms with E-state index >= 15 is 0 Å². The van der Waals surface area contributed by atoms with Gasteiger partial charge in [-0.05, 0) is 44.0 Å². The minimum absolute atomic E-state index is 0.0497. The van der Waals surface area contributed by atoms with Crippen LogP contribution < -0.4 is 4.31 Å². The number of hydrogen-bond acceptors (Lipinski definition) is 3. The average Bonchev–Trinajstić information content (AvgIpc) is 2.84. The highest BCUT2D eigenvalue weighted by molar-refractivity contribution is 8.00. The maximum atomic E-state index is 13.5. The molecule has 2 aliphatic rings. The number of rotatable bonds is 2. The zero-order valence-corrected chi connectivity index (χ0v) is 16.0. The van der Waals surface area contributed by atoms with E-state index in [1.54, 1.807) is 16.4 Å². The summed E-state index contributed by atoms with van der Waals surface area (Å²) < 4.78 is 28.8. The molecule has 2 aromatic rings. The molecule has 1 fully saturated rings. The van der Waals surface area contributed by atoms with Gasteiger partial charge in [-0.2, -0.15) is 0 Å². The van der Waals surface area contributed by atoms with Crippen molar-refractivity contribution >= 4 is 27.5 Å². The van der Waals surface area contributed by atoms with Crippen LogP contribution in [0, 0.1) is 6.92 Å². The first kappa shape index (κ1) is 17.0. The lowest BCUT2D eigenvalue weighted by atomic mass is 10.1. The molecule has 1 aliphatic carbocycles. The molecule has 2 atom stereocenters. The van der Waals surface area contributed by atoms with E-state index in [1.165, 1.54) is 12.8 Å². The Morgan fingerprint density at radius 2 is 1.68 bits per heavy atom. The Bertz CT molecular complexity index is 862. The SMILES string of the molecule is Cc1ccc(S(=O)(=O)N2c3ccccc3S[C@H]3CCCCC[C@@H]32)cc1. The number of benzene rings is 2. The molecule has 0 saturated heterocycles. The molecule has 132 valence electrons. The molecule has 0 spiro atoms. The summed E-state index contributed by atoms with van der Waals surface area (Å²) in [5.74, 6) is 0. The molecular formula is C20H23NO2S2. The summed E-state index contributed by atoms with van der Waals surface area (Å²) in [6.07, 6.45) is 5.52. The molecule has 0 N–H and O–H groups in total. The van der Waals surface area contributed by atoms with Crippen LogP contribution in [0.25, 0.3) is 0 Å². The number of sulfonamides is 1. The Labute approximate surface area is 154 Å². The average molecular weight is 374 g/mol. The van der Waals surface area contributed by atoms with Gasteiger partial charge in [0.05, 0.1) is 16.6 Å². The van der Waals surface area contributed by atoms with Gasteiger partial charge in [0, 0.05) is 10.1 Å². The van der Waals surface area contributed by atoms with Crippen molar-refractivity contribution in [3.63, 3.8) is 0 Å². The van der Waals surface area contributed by atoms with Crippen molar-refractivity contribution in [1.29, 1.82) is 0 Å². The number of fused-ring (bicyclic) bond motifs is 2. The first-order chi connectivity index (χ1) is 12.1. The summed E-state index contributed by atoms with van der Waals surface area (Å²) in [5.41, 5.74) is 1.91. The Kier molecular flexibility index (Phi) is 4.54. The molecule has 0 bridgehead atoms. The van der Waals surface area contributed by atoms with Gasteiger partial charge in [0.25, 0.3) is 10.0 Å². The maximum absolute atomic E-state index is 13.5. The van der Waals surface area contributed by atoms with Crippen LogP contribution in [0.3, 0.4) is 0 Å². The maximum Gasteiger partial charge on any atom is 0.264 e. The second kappa shape index (κ2) is 6.69. The minimum Gasteiger partial charge on any atom is -0.261 e. The van der Waals surface area contributed by atoms with Crippen LogP contribution in [0.1, 0.15) is 37.7 Å². The predicted molar refractivity (Wildman–Crippen MR) is 104 cm³/mol. The minimum atomic E-state index is -3.56. The van der Waals surface area contributed by atoms with E-state index in [0.717, 1.165) is 35.4 Å². The van der Waals surface area contributed by atoms with Crippen LogP contribution in [0.15, 0.2) is 58.3 Å². The molecule has 0 aromatic heterocycles. The lowest BCUT2D eigenvalue weighted by molar-refractivity contribution is 0.545. The molecule has 0 unspecified atom stereocenters. The molecule has 25 heavy (non-hydrogen) atoms. The fourth-order valence-electron chi connectivity index (χ4n) is 3.87. The zero-order chi connectivity index (χ0) is 17.4. The first-order valence-electron chi connectivity index (χ1n) is 8.94. The van der Waals surface area contributed by atoms with Crippen LogP contribution in [0.4, 0.5) is 5.69 Å². The lowest BCUT2D eigenvalue weighted by Crippen LogP contribution is -2.48. The Morgan fingerprint density at radius 1 is 0.960 bits per heavy atom. The van der Waals surface area contributed by atoms with E-state index in [4.69, 9.17) is 0 Å². The number of thioether (sulfide) groups is 1. The van der Waals surface area contributed by atoms with E-state index < -0.39 is 10.0 Å². The summed E-state index contributed by atoms with van der Waals surface area (Å²) >= 11 is 1.87. The van der Waals surface area contributed by atoms with E-state index in [1.807, 2.05) is 49.0 Å². The number of para-hydroxylation sites is 1. The van der Waals surface area contributed by atoms with E-state index in [9.17, 15) is 8.42 Å². The van der Waals surface area contributed by atoms with Crippen LogP contribution >= 0.6 is 11.8 Å². The lowest BCUT2D eigenvalue weighted by Gasteiger charge is -2.41. The third-order valence-corrected chi connectivity index (χ3v) is 8.48. The number of hydrogen-bond donors (Lipinski definition) is 0. The number of anilines is 1. The molecular weight excluding hydrogens is 350 g/mol. The monoisotopic (exact) mass is 373 g/mol. The second-order valence-electron chi connectivity index (χ2n) is 6.94. The van der Waals surface area contributed by atoms with Crippen molar-refractivity contribution in [2.75, 3.05) is 4.31 Å². The molecule has 0 radical (unpaired) electrons. The van der Waals surface area contributed by atoms with E-state index in [2.05, 4.69) is 6.07 Å². The van der Waals surface area contributed by atoms with Gasteiger partial charge in [-0.25, -0.2) is 8.42 Å². The third-order valence-electron chi connectivity index (χ3n) is 5.18. The van der Waals surface area contributed by atoms with Crippen molar-refractivity contribution in [1.82, 2.24) is 0 Å². The van der Waals surface area contributed by atoms with Gasteiger partial charge < -0.3 is 0 Å². The largest absolute Gasteiger partial charge is 0.264 e. The molecule has 2 aromatic carbocycles. The van der Waals surface area contributed by atoms with Crippen LogP contribution in [-0.4, -0.2) is 19.7 Å². The number of nitrogens with zero attached hydrogens (tertiary/aromatic N) is 1. The molecule has 0 amide bonds. The Balaban J connectivity index is 1.85. The molecule has 1 aliphatic heterocycles. The highest BCUT2D eigenvalue weighted by Crippen LogP contribution is 2.47. The molecule has 1 heterocycles. The molecule has 4 rings (SSSR count). The van der Waals surface area contributed by atoms with E-state index in [-0.39, 0.29) is 6.04 Å². The number of aryl methyl sites for hydroxylation is 1. The van der Waals surface area contributed by atoms with Crippen molar-refractivity contribution in [3.8, 4) is 0 Å². The smallest absolute Gasteiger partial charge is 0.261 e. The van der Waals surface area contributed by atoms with Crippen molar-refractivity contribution in [2.24, 2.45) is 0 Å². The van der Waals surface area contributed by atoms with Crippen LogP contribution in [0.2, 0.25) is 0 Å². The van der Waals surface area contributed by atoms with Gasteiger partial charge in [-0.15, -0.1) is 11.8 Å². The molecule has 3 nitrogen and oxygen atoms in total. The molecule has 5 heteroatoms. The topological polar surface area (TPSA) is 37.4 Å². The molecule has 1 saturated carbocycles. The normalized spacial score (nSPS) is 23.5. The van der Waals surface area contributed by atoms with Crippen LogP contribution in [-0.2, 0) is 10.0 Å². The van der Waals surface area contributed by atoms with Gasteiger partial charge in [-0.1, -0.05) is 49.1 Å². The van der Waals surface area contributed by atoms with Crippen molar-refractivity contribution < 1.29 is 8.42 Å². The third kappa shape index (κ3) is 3.08. The quantitative estimate of drug-likeness (QED) is 0.743. The van der Waals surface area contributed by atoms with Gasteiger partial charge >= 0.3 is 0 Å². The highest BCUT2D eigenvalue weighted by atomic mass is 32.2. The fraction of sp³-hybridized carbons (Fsp3) is 0.400. The van der Waals surface area contributed by atoms with Gasteiger partial charge in [0.15, 0.2) is 0 Å². The summed E-state index contributed by atoms with van der Waals surface area (Å²) in [7, 11) is -3.56. The predicted octanol–water partition coefficient (Wildman–Crippen LogP) is 5.00. The first-order valence-corrected chi connectivity index (χ1v) is 11.3. The zero-order valence-electron chi connectivity index (χ0n) is 14.4. The van der Waals surface area contributed by atoms with Crippen molar-refractivity contribution in [3.05, 3.63) is 54.1 Å². The van der Waals surface area contributed by atoms with E-state index in [0.29, 0.717) is 10.1 Å². The second-order valence-corrected chi connectivity index (χ2v) is 10.0. The van der Waals surface area contributed by atoms with Crippen molar-refractivity contribution in [2.45, 2.75) is 60.1 Å². The summed E-state index contributed by atoms with van der Waals surface area (Å²) in [6.45, 7) is 1.98. The fourth-order valence-corrected chi connectivity index (χ4v) is 7.21. The van der Waals surface area contributed by atoms with Gasteiger partial charge in [0.1, 0.15) is 0 Å². The van der Waals surface area contributed by atoms with Crippen LogP contribution in [0.5, 0.6) is 0 Å². The Hall–Kier alpha value is -1.46. The van der Waals surface area contributed by atoms with Gasteiger partial charge in [0.2, 0.25) is 0 Å². The summed E-state index contributed by atoms with van der Waals surface area (Å²) in [6, 6.07) is 15.2. The standard InChI is InChI=1S/C20H23NO2S2/c1-15-11-13-16(14-12-15)25(22,23)21-17-7-3-2-4-9-19(17)24-20-10-6-5-8-18(20)21/h5-6,8,10-14,17,19H,2-4,7,9H2,1H3/t17-,19-/m0/s1. The Morgan fingerprint density at radius 3 is 2.48 bits per heavy atom. The van der Waals surface area contributed by atoms with Gasteiger partial charge in [-0.3, -0.25) is 4.31 Å². The highest BCUT2D eigenvalue weighted by Gasteiger charge is 2.41. The summed E-state index contributed by atoms with van der Waals surface area (Å²) in [5, 5.41) is 0.345. The summed E-state index contributed by atoms with van der Waals surface area (Å²) in [4.78, 5) is 1.48.